The van der Waals surface area contributed by atoms with Gasteiger partial charge in [0.05, 0.1) is 6.20 Å². The van der Waals surface area contributed by atoms with Crippen molar-refractivity contribution < 1.29 is 8.42 Å². The van der Waals surface area contributed by atoms with E-state index >= 15 is 0 Å². The van der Waals surface area contributed by atoms with Gasteiger partial charge in [0.1, 0.15) is 10.7 Å². The van der Waals surface area contributed by atoms with E-state index in [4.69, 9.17) is 5.73 Å². The third kappa shape index (κ3) is 5.92. The van der Waals surface area contributed by atoms with E-state index in [9.17, 15) is 8.42 Å². The number of nitrogens with zero attached hydrogens (tertiary/aromatic N) is 1. The van der Waals surface area contributed by atoms with E-state index in [1.165, 1.54) is 44.7 Å². The highest BCUT2D eigenvalue weighted by Crippen LogP contribution is 2.13. The summed E-state index contributed by atoms with van der Waals surface area (Å²) in [6.07, 6.45) is 10.7. The standard InChI is InChI=1S/C13H26N4O2S/c1-2-3-4-5-6-7-8-9-10-16-20(18,19)12-11-15-17-13(12)14/h11,16H,2-10H2,1H3,(H3,14,15,17). The molecule has 0 saturated carbocycles. The molecule has 0 fully saturated rings. The maximum Gasteiger partial charge on any atom is 0.245 e. The molecule has 0 unspecified atom stereocenters. The predicted molar refractivity (Wildman–Crippen MR) is 80.8 cm³/mol. The molecule has 1 rings (SSSR count). The number of nitrogen functional groups attached to an aromatic ring is 1. The van der Waals surface area contributed by atoms with E-state index in [-0.39, 0.29) is 10.7 Å². The highest BCUT2D eigenvalue weighted by atomic mass is 32.2. The predicted octanol–water partition coefficient (Wildman–Crippen LogP) is 2.41. The van der Waals surface area contributed by atoms with Crippen LogP contribution in [0.5, 0.6) is 0 Å². The van der Waals surface area contributed by atoms with Crippen LogP contribution in [-0.4, -0.2) is 25.2 Å². The molecule has 20 heavy (non-hydrogen) atoms. The summed E-state index contributed by atoms with van der Waals surface area (Å²) in [5.74, 6) is 0.0772. The van der Waals surface area contributed by atoms with Gasteiger partial charge in [-0.05, 0) is 6.42 Å². The summed E-state index contributed by atoms with van der Waals surface area (Å²) >= 11 is 0. The number of hydrogen-bond acceptors (Lipinski definition) is 4. The number of hydrogen-bond donors (Lipinski definition) is 3. The first-order valence-electron chi connectivity index (χ1n) is 7.36. The number of anilines is 1. The van der Waals surface area contributed by atoms with Crippen LogP contribution in [0, 0.1) is 0 Å². The normalized spacial score (nSPS) is 11.8. The summed E-state index contributed by atoms with van der Waals surface area (Å²) < 4.78 is 26.3. The van der Waals surface area contributed by atoms with Gasteiger partial charge in [0.2, 0.25) is 10.0 Å². The zero-order chi connectivity index (χ0) is 14.8. The smallest absolute Gasteiger partial charge is 0.245 e. The average Bonchev–Trinajstić information content (AvgIpc) is 2.84. The first kappa shape index (κ1) is 17.0. The second-order valence-corrected chi connectivity index (χ2v) is 6.76. The molecular weight excluding hydrogens is 276 g/mol. The molecule has 6 nitrogen and oxygen atoms in total. The molecule has 1 aromatic heterocycles. The van der Waals surface area contributed by atoms with Crippen molar-refractivity contribution in [1.29, 1.82) is 0 Å². The molecule has 0 atom stereocenters. The molecule has 0 bridgehead atoms. The van der Waals surface area contributed by atoms with Gasteiger partial charge in [0.15, 0.2) is 0 Å². The summed E-state index contributed by atoms with van der Waals surface area (Å²) in [7, 11) is -3.52. The molecule has 1 aromatic rings. The van der Waals surface area contributed by atoms with Gasteiger partial charge >= 0.3 is 0 Å². The van der Waals surface area contributed by atoms with Gasteiger partial charge < -0.3 is 5.73 Å². The Labute approximate surface area is 121 Å². The van der Waals surface area contributed by atoms with Crippen molar-refractivity contribution >= 4 is 15.8 Å². The van der Waals surface area contributed by atoms with Crippen LogP contribution in [0.25, 0.3) is 0 Å². The van der Waals surface area contributed by atoms with Crippen LogP contribution in [0.1, 0.15) is 58.3 Å². The van der Waals surface area contributed by atoms with E-state index in [0.717, 1.165) is 12.8 Å². The number of aromatic amines is 1. The third-order valence-corrected chi connectivity index (χ3v) is 4.73. The Morgan fingerprint density at radius 3 is 2.30 bits per heavy atom. The molecule has 0 amide bonds. The lowest BCUT2D eigenvalue weighted by Crippen LogP contribution is -2.25. The van der Waals surface area contributed by atoms with Gasteiger partial charge in [-0.2, -0.15) is 5.10 Å². The first-order valence-corrected chi connectivity index (χ1v) is 8.84. The van der Waals surface area contributed by atoms with Crippen LogP contribution in [0.3, 0.4) is 0 Å². The fourth-order valence-electron chi connectivity index (χ4n) is 2.04. The Morgan fingerprint density at radius 2 is 1.75 bits per heavy atom. The molecule has 7 heteroatoms. The van der Waals surface area contributed by atoms with Gasteiger partial charge in [-0.25, -0.2) is 13.1 Å². The van der Waals surface area contributed by atoms with E-state index in [1.807, 2.05) is 0 Å². The van der Waals surface area contributed by atoms with E-state index in [1.54, 1.807) is 0 Å². The number of rotatable bonds is 11. The molecule has 0 aliphatic rings. The second-order valence-electron chi connectivity index (χ2n) is 5.02. The summed E-state index contributed by atoms with van der Waals surface area (Å²) in [5.41, 5.74) is 5.50. The molecule has 4 N–H and O–H groups in total. The molecule has 116 valence electrons. The quantitative estimate of drug-likeness (QED) is 0.546. The maximum absolute atomic E-state index is 11.9. The molecule has 0 aliphatic heterocycles. The Bertz CT molecular complexity index is 470. The van der Waals surface area contributed by atoms with Crippen LogP contribution in [-0.2, 0) is 10.0 Å². The zero-order valence-corrected chi connectivity index (χ0v) is 13.0. The van der Waals surface area contributed by atoms with Crippen molar-refractivity contribution in [2.24, 2.45) is 0 Å². The topological polar surface area (TPSA) is 101 Å². The number of nitrogens with one attached hydrogen (secondary N) is 2. The Morgan fingerprint density at radius 1 is 1.15 bits per heavy atom. The molecule has 0 saturated heterocycles. The number of aromatic nitrogens is 2. The highest BCUT2D eigenvalue weighted by Gasteiger charge is 2.18. The third-order valence-electron chi connectivity index (χ3n) is 3.24. The van der Waals surface area contributed by atoms with Crippen molar-refractivity contribution in [3.63, 3.8) is 0 Å². The van der Waals surface area contributed by atoms with Crippen LogP contribution in [0.15, 0.2) is 11.1 Å². The Balaban J connectivity index is 2.11. The highest BCUT2D eigenvalue weighted by molar-refractivity contribution is 7.89. The number of sulfonamides is 1. The van der Waals surface area contributed by atoms with Crippen molar-refractivity contribution in [2.45, 2.75) is 63.2 Å². The van der Waals surface area contributed by atoms with Crippen LogP contribution in [0.2, 0.25) is 0 Å². The summed E-state index contributed by atoms with van der Waals surface area (Å²) in [4.78, 5) is 0.0251. The minimum atomic E-state index is -3.52. The summed E-state index contributed by atoms with van der Waals surface area (Å²) in [5, 5.41) is 6.03. The second kappa shape index (κ2) is 8.97. The molecule has 0 aromatic carbocycles. The molecule has 1 heterocycles. The number of nitrogens with two attached hydrogens (primary N) is 1. The monoisotopic (exact) mass is 302 g/mol. The van der Waals surface area contributed by atoms with E-state index < -0.39 is 10.0 Å². The van der Waals surface area contributed by atoms with Crippen LogP contribution < -0.4 is 10.5 Å². The SMILES string of the molecule is CCCCCCCCCCNS(=O)(=O)c1cn[nH]c1N. The minimum Gasteiger partial charge on any atom is -0.383 e. The van der Waals surface area contributed by atoms with Gasteiger partial charge in [0.25, 0.3) is 0 Å². The Hall–Kier alpha value is -1.08. The van der Waals surface area contributed by atoms with E-state index in [2.05, 4.69) is 21.8 Å². The molecule has 0 aliphatic carbocycles. The fraction of sp³-hybridized carbons (Fsp3) is 0.769. The largest absolute Gasteiger partial charge is 0.383 e. The van der Waals surface area contributed by atoms with Crippen molar-refractivity contribution in [2.75, 3.05) is 12.3 Å². The van der Waals surface area contributed by atoms with Crippen molar-refractivity contribution in [1.82, 2.24) is 14.9 Å². The van der Waals surface area contributed by atoms with Crippen molar-refractivity contribution in [3.8, 4) is 0 Å². The van der Waals surface area contributed by atoms with Crippen LogP contribution in [0.4, 0.5) is 5.82 Å². The maximum atomic E-state index is 11.9. The number of unbranched alkanes of at least 4 members (excludes halogenated alkanes) is 7. The lowest BCUT2D eigenvalue weighted by atomic mass is 10.1. The van der Waals surface area contributed by atoms with E-state index in [0.29, 0.717) is 6.54 Å². The molecule has 0 radical (unpaired) electrons. The zero-order valence-electron chi connectivity index (χ0n) is 12.2. The number of H-pyrrole nitrogens is 1. The minimum absolute atomic E-state index is 0.0251. The van der Waals surface area contributed by atoms with Gasteiger partial charge in [0, 0.05) is 6.54 Å². The summed E-state index contributed by atoms with van der Waals surface area (Å²) in [6.45, 7) is 2.65. The lowest BCUT2D eigenvalue weighted by molar-refractivity contribution is 0.559. The van der Waals surface area contributed by atoms with Gasteiger partial charge in [-0.1, -0.05) is 51.9 Å². The van der Waals surface area contributed by atoms with Gasteiger partial charge in [-0.3, -0.25) is 5.10 Å². The molecular formula is C13H26N4O2S. The van der Waals surface area contributed by atoms with Crippen LogP contribution >= 0.6 is 0 Å². The van der Waals surface area contributed by atoms with Crippen molar-refractivity contribution in [3.05, 3.63) is 6.20 Å². The molecule has 0 spiro atoms. The van der Waals surface area contributed by atoms with Gasteiger partial charge in [-0.15, -0.1) is 0 Å². The fourth-order valence-corrected chi connectivity index (χ4v) is 3.14. The first-order chi connectivity index (χ1) is 9.58. The average molecular weight is 302 g/mol. The summed E-state index contributed by atoms with van der Waals surface area (Å²) in [6, 6.07) is 0. The lowest BCUT2D eigenvalue weighted by Gasteiger charge is -2.05. The Kier molecular flexibility index (Phi) is 7.61.